The van der Waals surface area contributed by atoms with E-state index in [0.29, 0.717) is 12.0 Å². The molecule has 0 saturated carbocycles. The van der Waals surface area contributed by atoms with E-state index in [0.717, 1.165) is 5.56 Å². The van der Waals surface area contributed by atoms with Gasteiger partial charge in [-0.1, -0.05) is 24.3 Å². The van der Waals surface area contributed by atoms with Crippen molar-refractivity contribution in [2.45, 2.75) is 43.7 Å². The molecule has 25 heavy (non-hydrogen) atoms. The highest BCUT2D eigenvalue weighted by molar-refractivity contribution is 6.03. The third kappa shape index (κ3) is 3.10. The van der Waals surface area contributed by atoms with E-state index in [9.17, 15) is 14.4 Å². The molecule has 0 aromatic heterocycles. The lowest BCUT2D eigenvalue weighted by Crippen LogP contribution is -2.49. The predicted octanol–water partition coefficient (Wildman–Crippen LogP) is 2.32. The maximum absolute atomic E-state index is 15.2. The molecule has 0 spiro atoms. The number of rotatable bonds is 2. The number of carboxylic acid groups (broad SMARTS) is 1. The van der Waals surface area contributed by atoms with Crippen LogP contribution in [0.4, 0.5) is 9.18 Å². The average molecular weight is 348 g/mol. The first-order chi connectivity index (χ1) is 11.7. The second kappa shape index (κ2) is 6.13. The second-order valence-corrected chi connectivity index (χ2v) is 7.02. The monoisotopic (exact) mass is 348 g/mol. The predicted molar refractivity (Wildman–Crippen MR) is 87.8 cm³/mol. The molecule has 2 fully saturated rings. The molecular formula is C18H21FN2O4. The van der Waals surface area contributed by atoms with Crippen LogP contribution in [-0.2, 0) is 20.7 Å². The van der Waals surface area contributed by atoms with Crippen LogP contribution in [0, 0.1) is 0 Å². The molecule has 134 valence electrons. The van der Waals surface area contributed by atoms with Crippen LogP contribution < -0.4 is 5.32 Å². The Morgan fingerprint density at radius 1 is 1.12 bits per heavy atom. The number of alkyl halides is 1. The van der Waals surface area contributed by atoms with Gasteiger partial charge < -0.3 is 10.0 Å². The van der Waals surface area contributed by atoms with Crippen LogP contribution in [0.2, 0.25) is 0 Å². The Balaban J connectivity index is 1.78. The number of piperidine rings is 2. The maximum Gasteiger partial charge on any atom is 0.407 e. The van der Waals surface area contributed by atoms with Crippen molar-refractivity contribution in [2.75, 3.05) is 13.1 Å². The molecule has 2 aliphatic heterocycles. The van der Waals surface area contributed by atoms with Crippen molar-refractivity contribution >= 4 is 17.9 Å². The number of halogens is 1. The Kier molecular flexibility index (Phi) is 4.26. The summed E-state index contributed by atoms with van der Waals surface area (Å²) in [7, 11) is 0. The topological polar surface area (TPSA) is 86.7 Å². The fraction of sp³-hybridized carbons (Fsp3) is 0.500. The fourth-order valence-corrected chi connectivity index (χ4v) is 3.56. The van der Waals surface area contributed by atoms with Crippen molar-refractivity contribution in [3.8, 4) is 0 Å². The number of amides is 3. The fourth-order valence-electron chi connectivity index (χ4n) is 3.56. The van der Waals surface area contributed by atoms with Crippen molar-refractivity contribution in [3.63, 3.8) is 0 Å². The molecule has 1 aromatic rings. The van der Waals surface area contributed by atoms with Gasteiger partial charge in [0.15, 0.2) is 0 Å². The van der Waals surface area contributed by atoms with E-state index < -0.39 is 17.2 Å². The van der Waals surface area contributed by atoms with Crippen molar-refractivity contribution in [3.05, 3.63) is 35.4 Å². The summed E-state index contributed by atoms with van der Waals surface area (Å²) < 4.78 is 15.2. The molecule has 3 amide bonds. The molecule has 7 heteroatoms. The van der Waals surface area contributed by atoms with E-state index >= 15 is 4.39 Å². The van der Waals surface area contributed by atoms with Gasteiger partial charge in [-0.15, -0.1) is 0 Å². The Hall–Kier alpha value is -2.44. The standard InChI is InChI=1S/C18H21FN2O4/c1-17(7-6-14(22)20-15(17)23)12-2-4-13(5-3-12)18(19)8-10-21(11-9-18)16(24)25/h2-5H,6-11H2,1H3,(H,24,25)(H,20,22,23)/t17-/m1/s1. The van der Waals surface area contributed by atoms with E-state index in [1.165, 1.54) is 4.90 Å². The lowest BCUT2D eigenvalue weighted by atomic mass is 9.74. The highest BCUT2D eigenvalue weighted by atomic mass is 19.1. The number of hydrogen-bond donors (Lipinski definition) is 2. The zero-order valence-corrected chi connectivity index (χ0v) is 14.0. The van der Waals surface area contributed by atoms with Crippen LogP contribution >= 0.6 is 0 Å². The number of benzene rings is 1. The minimum Gasteiger partial charge on any atom is -0.465 e. The SMILES string of the molecule is C[C@]1(c2ccc(C3(F)CCN(C(=O)O)CC3)cc2)CCC(=O)NC1=O. The van der Waals surface area contributed by atoms with Crippen LogP contribution in [-0.4, -0.2) is 41.0 Å². The quantitative estimate of drug-likeness (QED) is 0.803. The Bertz CT molecular complexity index is 710. The van der Waals surface area contributed by atoms with Crippen LogP contribution in [0.1, 0.15) is 43.7 Å². The van der Waals surface area contributed by atoms with E-state index in [1.807, 2.05) is 0 Å². The largest absolute Gasteiger partial charge is 0.465 e. The molecule has 2 saturated heterocycles. The smallest absolute Gasteiger partial charge is 0.407 e. The Morgan fingerprint density at radius 2 is 1.68 bits per heavy atom. The summed E-state index contributed by atoms with van der Waals surface area (Å²) in [6.07, 6.45) is -0.0911. The summed E-state index contributed by atoms with van der Waals surface area (Å²) in [4.78, 5) is 35.7. The minimum atomic E-state index is -1.56. The van der Waals surface area contributed by atoms with E-state index in [-0.39, 0.29) is 44.2 Å². The number of likely N-dealkylation sites (tertiary alicyclic amines) is 1. The van der Waals surface area contributed by atoms with E-state index in [1.54, 1.807) is 31.2 Å². The molecular weight excluding hydrogens is 327 g/mol. The number of nitrogens with zero attached hydrogens (tertiary/aromatic N) is 1. The lowest BCUT2D eigenvalue weighted by molar-refractivity contribution is -0.137. The number of hydrogen-bond acceptors (Lipinski definition) is 3. The van der Waals surface area contributed by atoms with Gasteiger partial charge in [-0.3, -0.25) is 14.9 Å². The van der Waals surface area contributed by atoms with Gasteiger partial charge >= 0.3 is 6.09 Å². The zero-order valence-electron chi connectivity index (χ0n) is 14.0. The van der Waals surface area contributed by atoms with E-state index in [4.69, 9.17) is 5.11 Å². The van der Waals surface area contributed by atoms with E-state index in [2.05, 4.69) is 5.32 Å². The van der Waals surface area contributed by atoms with Gasteiger partial charge in [0.05, 0.1) is 5.41 Å². The molecule has 0 radical (unpaired) electrons. The van der Waals surface area contributed by atoms with Gasteiger partial charge in [0.2, 0.25) is 11.8 Å². The molecule has 1 aromatic carbocycles. The number of carbonyl (C=O) groups is 3. The first-order valence-corrected chi connectivity index (χ1v) is 8.37. The molecule has 2 aliphatic rings. The Labute approximate surface area is 145 Å². The summed E-state index contributed by atoms with van der Waals surface area (Å²) in [5.41, 5.74) is -1.12. The van der Waals surface area contributed by atoms with Gasteiger partial charge in [-0.25, -0.2) is 9.18 Å². The van der Waals surface area contributed by atoms with Gasteiger partial charge in [0.25, 0.3) is 0 Å². The Morgan fingerprint density at radius 3 is 2.20 bits per heavy atom. The van der Waals surface area contributed by atoms with Crippen LogP contribution in [0.15, 0.2) is 24.3 Å². The van der Waals surface area contributed by atoms with Crippen molar-refractivity contribution in [1.82, 2.24) is 10.2 Å². The number of nitrogens with one attached hydrogen (secondary N) is 1. The summed E-state index contributed by atoms with van der Waals surface area (Å²) in [6, 6.07) is 6.80. The van der Waals surface area contributed by atoms with Gasteiger partial charge in [-0.2, -0.15) is 0 Å². The lowest BCUT2D eigenvalue weighted by Gasteiger charge is -2.36. The third-order valence-corrected chi connectivity index (χ3v) is 5.47. The summed E-state index contributed by atoms with van der Waals surface area (Å²) in [5.74, 6) is -0.603. The molecule has 2 heterocycles. The molecule has 0 bridgehead atoms. The van der Waals surface area contributed by atoms with Crippen LogP contribution in [0.5, 0.6) is 0 Å². The normalized spacial score (nSPS) is 26.2. The molecule has 0 aliphatic carbocycles. The van der Waals surface area contributed by atoms with Crippen molar-refractivity contribution in [1.29, 1.82) is 0 Å². The maximum atomic E-state index is 15.2. The number of carbonyl (C=O) groups excluding carboxylic acids is 2. The first kappa shape index (κ1) is 17.4. The molecule has 3 rings (SSSR count). The molecule has 1 atom stereocenters. The van der Waals surface area contributed by atoms with Gasteiger partial charge in [0.1, 0.15) is 5.67 Å². The van der Waals surface area contributed by atoms with Crippen LogP contribution in [0.3, 0.4) is 0 Å². The highest BCUT2D eigenvalue weighted by Gasteiger charge is 2.41. The minimum absolute atomic E-state index is 0.116. The summed E-state index contributed by atoms with van der Waals surface area (Å²) >= 11 is 0. The summed E-state index contributed by atoms with van der Waals surface area (Å²) in [6.45, 7) is 2.10. The van der Waals surface area contributed by atoms with Gasteiger partial charge in [-0.05, 0) is 24.5 Å². The molecule has 2 N–H and O–H groups in total. The molecule has 0 unspecified atom stereocenters. The zero-order chi connectivity index (χ0) is 18.2. The molecule has 6 nitrogen and oxygen atoms in total. The van der Waals surface area contributed by atoms with Crippen molar-refractivity contribution in [2.24, 2.45) is 0 Å². The highest BCUT2D eigenvalue weighted by Crippen LogP contribution is 2.39. The number of imide groups is 1. The first-order valence-electron chi connectivity index (χ1n) is 8.37. The summed E-state index contributed by atoms with van der Waals surface area (Å²) in [5, 5.41) is 11.3. The van der Waals surface area contributed by atoms with Crippen molar-refractivity contribution < 1.29 is 23.9 Å². The third-order valence-electron chi connectivity index (χ3n) is 5.47. The average Bonchev–Trinajstić information content (AvgIpc) is 2.59. The van der Waals surface area contributed by atoms with Crippen LogP contribution in [0.25, 0.3) is 0 Å². The second-order valence-electron chi connectivity index (χ2n) is 7.02. The van der Waals surface area contributed by atoms with Gasteiger partial charge in [0, 0.05) is 32.4 Å².